The predicted molar refractivity (Wildman–Crippen MR) is 102 cm³/mol. The molecule has 0 saturated carbocycles. The third-order valence-electron chi connectivity index (χ3n) is 4.38. The van der Waals surface area contributed by atoms with Gasteiger partial charge in [0.1, 0.15) is 6.04 Å². The Bertz CT molecular complexity index is 806. The number of nitrogens with one attached hydrogen (secondary N) is 1. The molecule has 0 saturated heterocycles. The largest absolute Gasteiger partial charge is 0.490 e. The van der Waals surface area contributed by atoms with Crippen molar-refractivity contribution in [2.75, 3.05) is 13.1 Å². The Labute approximate surface area is 170 Å². The Morgan fingerprint density at radius 1 is 1.41 bits per heavy atom. The maximum Gasteiger partial charge on any atom is 0.490 e. The second-order valence-corrected chi connectivity index (χ2v) is 7.79. The molecule has 1 unspecified atom stereocenters. The lowest BCUT2D eigenvalue weighted by atomic mass is 10.1. The number of fused-ring (bicyclic) bond motifs is 1. The molecule has 29 heavy (non-hydrogen) atoms. The van der Waals surface area contributed by atoms with Crippen molar-refractivity contribution in [2.45, 2.75) is 45.1 Å². The highest BCUT2D eigenvalue weighted by Crippen LogP contribution is 2.22. The van der Waals surface area contributed by atoms with E-state index in [0.717, 1.165) is 25.2 Å². The number of hydrogen-bond acceptors (Lipinski definition) is 5. The van der Waals surface area contributed by atoms with Crippen molar-refractivity contribution in [3.63, 3.8) is 0 Å². The molecule has 11 heteroatoms. The zero-order valence-electron chi connectivity index (χ0n) is 16.0. The minimum absolute atomic E-state index is 0.0844. The van der Waals surface area contributed by atoms with Crippen LogP contribution in [0.3, 0.4) is 0 Å². The molecule has 0 radical (unpaired) electrons. The van der Waals surface area contributed by atoms with Gasteiger partial charge >= 0.3 is 12.1 Å². The van der Waals surface area contributed by atoms with Gasteiger partial charge in [-0.1, -0.05) is 6.07 Å². The first-order chi connectivity index (χ1) is 13.6. The van der Waals surface area contributed by atoms with Crippen molar-refractivity contribution in [3.05, 3.63) is 40.6 Å². The lowest BCUT2D eigenvalue weighted by Crippen LogP contribution is -2.46. The molecule has 2 aromatic heterocycles. The molecule has 0 spiro atoms. The summed E-state index contributed by atoms with van der Waals surface area (Å²) < 4.78 is 33.7. The number of carboxylic acids is 1. The van der Waals surface area contributed by atoms with Gasteiger partial charge < -0.3 is 15.0 Å². The Morgan fingerprint density at radius 3 is 2.66 bits per heavy atom. The van der Waals surface area contributed by atoms with Crippen LogP contribution in [-0.2, 0) is 22.6 Å². The summed E-state index contributed by atoms with van der Waals surface area (Å²) in [4.78, 5) is 29.3. The van der Waals surface area contributed by atoms with Crippen molar-refractivity contribution in [1.29, 1.82) is 0 Å². The van der Waals surface area contributed by atoms with Crippen molar-refractivity contribution in [1.82, 2.24) is 19.8 Å². The van der Waals surface area contributed by atoms with Crippen LogP contribution in [0.15, 0.2) is 30.0 Å². The number of hydrogen-bond donors (Lipinski definition) is 2. The topological polar surface area (TPSA) is 87.5 Å². The number of carboxylic acid groups (broad SMARTS) is 1. The SMILES string of the molecule is CC(C)N1Cc2cncn2C(C(=O)NCCc2cccs2)C1.O=C(O)C(F)(F)F. The van der Waals surface area contributed by atoms with Gasteiger partial charge in [-0.25, -0.2) is 9.78 Å². The van der Waals surface area contributed by atoms with Gasteiger partial charge in [0.15, 0.2) is 0 Å². The highest BCUT2D eigenvalue weighted by Gasteiger charge is 2.38. The van der Waals surface area contributed by atoms with Gasteiger partial charge in [-0.3, -0.25) is 9.69 Å². The number of aromatic nitrogens is 2. The number of carbonyl (C=O) groups excluding carboxylic acids is 1. The van der Waals surface area contributed by atoms with Crippen LogP contribution in [0.5, 0.6) is 0 Å². The van der Waals surface area contributed by atoms with E-state index in [9.17, 15) is 18.0 Å². The second kappa shape index (κ2) is 9.88. The van der Waals surface area contributed by atoms with E-state index in [1.54, 1.807) is 17.7 Å². The number of alkyl halides is 3. The summed E-state index contributed by atoms with van der Waals surface area (Å²) in [5.41, 5.74) is 1.11. The van der Waals surface area contributed by atoms with Crippen LogP contribution < -0.4 is 5.32 Å². The fourth-order valence-corrected chi connectivity index (χ4v) is 3.51. The summed E-state index contributed by atoms with van der Waals surface area (Å²) in [5, 5.41) is 12.3. The quantitative estimate of drug-likeness (QED) is 0.759. The standard InChI is InChI=1S/C16H22N4OS.C2HF3O2/c1-12(2)19-9-13-8-17-11-20(13)15(10-19)16(21)18-6-5-14-4-3-7-22-14;3-2(4,5)1(6)7/h3-4,7-8,11-12,15H,5-6,9-10H2,1-2H3,(H,18,21);(H,6,7). The van der Waals surface area contributed by atoms with E-state index in [2.05, 4.69) is 40.5 Å². The highest BCUT2D eigenvalue weighted by molar-refractivity contribution is 7.09. The van der Waals surface area contributed by atoms with Crippen LogP contribution in [-0.4, -0.2) is 56.7 Å². The first-order valence-corrected chi connectivity index (χ1v) is 9.82. The van der Waals surface area contributed by atoms with E-state index >= 15 is 0 Å². The molecule has 1 aliphatic rings. The summed E-state index contributed by atoms with van der Waals surface area (Å²) in [7, 11) is 0. The Kier molecular flexibility index (Phi) is 7.80. The van der Waals surface area contributed by atoms with E-state index in [1.165, 1.54) is 4.88 Å². The molecular weight excluding hydrogens is 409 g/mol. The summed E-state index contributed by atoms with van der Waals surface area (Å²) in [6.45, 7) is 6.61. The predicted octanol–water partition coefficient (Wildman–Crippen LogP) is 2.70. The lowest BCUT2D eigenvalue weighted by Gasteiger charge is -2.36. The van der Waals surface area contributed by atoms with Crippen molar-refractivity contribution in [2.24, 2.45) is 0 Å². The van der Waals surface area contributed by atoms with Gasteiger partial charge in [0, 0.05) is 36.8 Å². The Hall–Kier alpha value is -2.40. The molecule has 1 aliphatic heterocycles. The first-order valence-electron chi connectivity index (χ1n) is 8.94. The monoisotopic (exact) mass is 432 g/mol. The molecule has 2 aromatic rings. The number of nitrogens with zero attached hydrogens (tertiary/aromatic N) is 3. The van der Waals surface area contributed by atoms with Crippen LogP contribution in [0, 0.1) is 0 Å². The van der Waals surface area contributed by atoms with Crippen LogP contribution >= 0.6 is 11.3 Å². The van der Waals surface area contributed by atoms with E-state index in [4.69, 9.17) is 9.90 Å². The first kappa shape index (κ1) is 22.9. The van der Waals surface area contributed by atoms with Crippen molar-refractivity contribution in [3.8, 4) is 0 Å². The molecule has 1 atom stereocenters. The van der Waals surface area contributed by atoms with Gasteiger partial charge in [0.2, 0.25) is 5.91 Å². The van der Waals surface area contributed by atoms with E-state index < -0.39 is 12.1 Å². The number of aliphatic carboxylic acids is 1. The fraction of sp³-hybridized carbons (Fsp3) is 0.500. The number of imidazole rings is 1. The molecule has 7 nitrogen and oxygen atoms in total. The normalized spacial score (nSPS) is 16.7. The van der Waals surface area contributed by atoms with E-state index in [1.807, 2.05) is 16.8 Å². The van der Waals surface area contributed by atoms with E-state index in [-0.39, 0.29) is 11.9 Å². The van der Waals surface area contributed by atoms with Gasteiger partial charge in [-0.15, -0.1) is 11.3 Å². The zero-order chi connectivity index (χ0) is 21.6. The van der Waals surface area contributed by atoms with E-state index in [0.29, 0.717) is 12.6 Å². The highest BCUT2D eigenvalue weighted by atomic mass is 32.1. The van der Waals surface area contributed by atoms with Gasteiger partial charge in [0.25, 0.3) is 0 Å². The maximum atomic E-state index is 12.6. The zero-order valence-corrected chi connectivity index (χ0v) is 16.8. The number of thiophene rings is 1. The number of rotatable bonds is 5. The molecule has 0 fully saturated rings. The van der Waals surface area contributed by atoms with Crippen LogP contribution in [0.4, 0.5) is 13.2 Å². The molecule has 0 aliphatic carbocycles. The lowest BCUT2D eigenvalue weighted by molar-refractivity contribution is -0.192. The molecule has 3 heterocycles. The molecule has 2 N–H and O–H groups in total. The molecule has 3 rings (SSSR count). The summed E-state index contributed by atoms with van der Waals surface area (Å²) in [6, 6.07) is 4.38. The summed E-state index contributed by atoms with van der Waals surface area (Å²) in [5.74, 6) is -2.67. The van der Waals surface area contributed by atoms with Crippen LogP contribution in [0.25, 0.3) is 0 Å². The number of halogens is 3. The number of amides is 1. The molecular formula is C18H23F3N4O3S. The van der Waals surface area contributed by atoms with Gasteiger partial charge in [-0.05, 0) is 31.7 Å². The smallest absolute Gasteiger partial charge is 0.475 e. The second-order valence-electron chi connectivity index (χ2n) is 6.75. The molecule has 0 aromatic carbocycles. The Balaban J connectivity index is 0.000000370. The summed E-state index contributed by atoms with van der Waals surface area (Å²) >= 11 is 1.73. The van der Waals surface area contributed by atoms with Gasteiger partial charge in [-0.2, -0.15) is 13.2 Å². The van der Waals surface area contributed by atoms with Crippen LogP contribution in [0.1, 0.15) is 30.5 Å². The third kappa shape index (κ3) is 6.57. The minimum Gasteiger partial charge on any atom is -0.475 e. The minimum atomic E-state index is -5.08. The fourth-order valence-electron chi connectivity index (χ4n) is 2.80. The third-order valence-corrected chi connectivity index (χ3v) is 5.32. The molecule has 0 bridgehead atoms. The average Bonchev–Trinajstić information content (AvgIpc) is 3.31. The summed E-state index contributed by atoms with van der Waals surface area (Å²) in [6.07, 6.45) is -0.558. The van der Waals surface area contributed by atoms with Crippen molar-refractivity contribution >= 4 is 23.2 Å². The Morgan fingerprint density at radius 2 is 2.10 bits per heavy atom. The molecule has 160 valence electrons. The molecule has 1 amide bonds. The van der Waals surface area contributed by atoms with Crippen LogP contribution in [0.2, 0.25) is 0 Å². The van der Waals surface area contributed by atoms with Crippen molar-refractivity contribution < 1.29 is 27.9 Å². The average molecular weight is 432 g/mol. The maximum absolute atomic E-state index is 12.6. The number of carbonyl (C=O) groups is 2. The van der Waals surface area contributed by atoms with Gasteiger partial charge in [0.05, 0.1) is 12.0 Å².